The molecule has 1 heterocycles. The molecule has 0 fully saturated rings. The summed E-state index contributed by atoms with van der Waals surface area (Å²) in [6, 6.07) is 3.06. The number of hydrogen-bond acceptors (Lipinski definition) is 7. The minimum atomic E-state index is -0.717. The molecule has 0 radical (unpaired) electrons. The lowest BCUT2D eigenvalue weighted by atomic mass is 10.3. The van der Waals surface area contributed by atoms with E-state index in [0.717, 1.165) is 23.7 Å². The summed E-state index contributed by atoms with van der Waals surface area (Å²) in [5, 5.41) is 11.0. The number of methoxy groups -OCH3 is 1. The summed E-state index contributed by atoms with van der Waals surface area (Å²) >= 11 is 0.964. The number of halogens is 1. The zero-order valence-electron chi connectivity index (χ0n) is 10.4. The van der Waals surface area contributed by atoms with Crippen molar-refractivity contribution in [1.29, 1.82) is 0 Å². The van der Waals surface area contributed by atoms with Gasteiger partial charge < -0.3 is 9.47 Å². The van der Waals surface area contributed by atoms with E-state index in [1.165, 1.54) is 6.07 Å². The zero-order valence-corrected chi connectivity index (χ0v) is 11.2. The Hall–Kier alpha value is -2.13. The van der Waals surface area contributed by atoms with E-state index >= 15 is 0 Å². The molecule has 0 aliphatic rings. The van der Waals surface area contributed by atoms with Gasteiger partial charge in [-0.15, -0.1) is 0 Å². The largest absolute Gasteiger partial charge is 0.422 e. The minimum Gasteiger partial charge on any atom is -0.422 e. The number of aromatic nitrogens is 2. The third kappa shape index (κ3) is 3.45. The third-order valence-electron chi connectivity index (χ3n) is 2.29. The van der Waals surface area contributed by atoms with Crippen LogP contribution in [0.5, 0.6) is 10.9 Å². The lowest BCUT2D eigenvalue weighted by Gasteiger charge is -2.02. The Bertz CT molecular complexity index is 619. The Labute approximate surface area is 117 Å². The molecule has 2 rings (SSSR count). The molecule has 2 aromatic rings. The van der Waals surface area contributed by atoms with Crippen LogP contribution in [0.4, 0.5) is 10.1 Å². The maximum absolute atomic E-state index is 13.0. The minimum absolute atomic E-state index is 0.0779. The molecule has 20 heavy (non-hydrogen) atoms. The average molecular weight is 299 g/mol. The Morgan fingerprint density at radius 1 is 1.50 bits per heavy atom. The normalized spacial score (nSPS) is 10.5. The second-order valence-electron chi connectivity index (χ2n) is 3.69. The van der Waals surface area contributed by atoms with Crippen molar-refractivity contribution in [2.24, 2.45) is 0 Å². The molecule has 0 bridgehead atoms. The molecular formula is C11H10FN3O4S. The van der Waals surface area contributed by atoms with Crippen LogP contribution in [-0.2, 0) is 11.2 Å². The van der Waals surface area contributed by atoms with Crippen LogP contribution in [0.3, 0.4) is 0 Å². The number of nitro groups is 1. The van der Waals surface area contributed by atoms with Gasteiger partial charge in [-0.2, -0.15) is 9.36 Å². The molecule has 0 unspecified atom stereocenters. The van der Waals surface area contributed by atoms with Crippen molar-refractivity contribution >= 4 is 17.2 Å². The van der Waals surface area contributed by atoms with Gasteiger partial charge in [0, 0.05) is 25.1 Å². The van der Waals surface area contributed by atoms with Gasteiger partial charge in [-0.25, -0.2) is 4.39 Å². The van der Waals surface area contributed by atoms with Crippen LogP contribution >= 0.6 is 11.5 Å². The van der Waals surface area contributed by atoms with Gasteiger partial charge >= 0.3 is 5.69 Å². The third-order valence-corrected chi connectivity index (χ3v) is 2.93. The summed E-state index contributed by atoms with van der Waals surface area (Å²) in [6.45, 7) is 0.465. The first-order chi connectivity index (χ1) is 9.60. The molecule has 0 aliphatic heterocycles. The smallest absolute Gasteiger partial charge is 0.314 e. The fourth-order valence-corrected chi connectivity index (χ4v) is 1.98. The maximum atomic E-state index is 13.0. The predicted molar refractivity (Wildman–Crippen MR) is 68.6 cm³/mol. The van der Waals surface area contributed by atoms with Crippen molar-refractivity contribution in [3.63, 3.8) is 0 Å². The van der Waals surface area contributed by atoms with Gasteiger partial charge in [-0.1, -0.05) is 0 Å². The first kappa shape index (κ1) is 14.3. The number of rotatable bonds is 6. The lowest BCUT2D eigenvalue weighted by molar-refractivity contribution is -0.385. The highest BCUT2D eigenvalue weighted by atomic mass is 32.1. The molecule has 106 valence electrons. The van der Waals surface area contributed by atoms with Gasteiger partial charge in [0.2, 0.25) is 5.75 Å². The summed E-state index contributed by atoms with van der Waals surface area (Å²) in [5.74, 6) is -0.260. The standard InChI is InChI=1S/C11H10FN3O4S/c1-18-5-4-10-13-11(20-14-10)19-9-3-2-7(12)6-8(9)15(16)17/h2-3,6H,4-5H2,1H3. The van der Waals surface area contributed by atoms with Crippen molar-refractivity contribution in [1.82, 2.24) is 9.36 Å². The van der Waals surface area contributed by atoms with Crippen molar-refractivity contribution in [2.45, 2.75) is 6.42 Å². The van der Waals surface area contributed by atoms with Gasteiger partial charge in [0.25, 0.3) is 5.19 Å². The van der Waals surface area contributed by atoms with Crippen molar-refractivity contribution in [3.05, 3.63) is 40.0 Å². The van der Waals surface area contributed by atoms with Crippen molar-refractivity contribution in [3.8, 4) is 10.9 Å². The first-order valence-corrected chi connectivity index (χ1v) is 6.31. The van der Waals surface area contributed by atoms with Gasteiger partial charge in [0.05, 0.1) is 17.6 Å². The van der Waals surface area contributed by atoms with Gasteiger partial charge in [-0.3, -0.25) is 10.1 Å². The molecular weight excluding hydrogens is 289 g/mol. The monoisotopic (exact) mass is 299 g/mol. The molecule has 0 amide bonds. The molecule has 0 aliphatic carbocycles. The summed E-state index contributed by atoms with van der Waals surface area (Å²) in [6.07, 6.45) is 0.516. The van der Waals surface area contributed by atoms with Crippen molar-refractivity contribution in [2.75, 3.05) is 13.7 Å². The number of benzene rings is 1. The Morgan fingerprint density at radius 3 is 3.00 bits per heavy atom. The van der Waals surface area contributed by atoms with Crippen LogP contribution in [0, 0.1) is 15.9 Å². The first-order valence-electron chi connectivity index (χ1n) is 5.53. The van der Waals surface area contributed by atoms with Gasteiger partial charge in [0.15, 0.2) is 0 Å². The molecule has 7 nitrogen and oxygen atoms in total. The highest BCUT2D eigenvalue weighted by Gasteiger charge is 2.18. The van der Waals surface area contributed by atoms with Crippen LogP contribution in [0.25, 0.3) is 0 Å². The summed E-state index contributed by atoms with van der Waals surface area (Å²) in [4.78, 5) is 14.2. The number of hydrogen-bond donors (Lipinski definition) is 0. The lowest BCUT2D eigenvalue weighted by Crippen LogP contribution is -1.97. The van der Waals surface area contributed by atoms with Gasteiger partial charge in [-0.05, 0) is 12.1 Å². The van der Waals surface area contributed by atoms with Crippen LogP contribution in [0.2, 0.25) is 0 Å². The number of nitro benzene ring substituents is 1. The summed E-state index contributed by atoms with van der Waals surface area (Å²) in [7, 11) is 1.56. The maximum Gasteiger partial charge on any atom is 0.314 e. The number of ether oxygens (including phenoxy) is 2. The molecule has 0 N–H and O–H groups in total. The Morgan fingerprint density at radius 2 is 2.30 bits per heavy atom. The van der Waals surface area contributed by atoms with E-state index in [-0.39, 0.29) is 10.9 Å². The molecule has 9 heteroatoms. The quantitative estimate of drug-likeness (QED) is 0.601. The van der Waals surface area contributed by atoms with Crippen molar-refractivity contribution < 1.29 is 18.8 Å². The van der Waals surface area contributed by atoms with E-state index in [2.05, 4.69) is 9.36 Å². The topological polar surface area (TPSA) is 87.4 Å². The molecule has 0 saturated heterocycles. The highest BCUT2D eigenvalue weighted by Crippen LogP contribution is 2.32. The molecule has 0 saturated carbocycles. The highest BCUT2D eigenvalue weighted by molar-refractivity contribution is 7.07. The van der Waals surface area contributed by atoms with E-state index in [1.807, 2.05) is 0 Å². The van der Waals surface area contributed by atoms with Crippen LogP contribution in [0.1, 0.15) is 5.82 Å². The van der Waals surface area contributed by atoms with Gasteiger partial charge in [0.1, 0.15) is 11.6 Å². The zero-order chi connectivity index (χ0) is 14.5. The number of nitrogens with zero attached hydrogens (tertiary/aromatic N) is 3. The average Bonchev–Trinajstić information content (AvgIpc) is 2.86. The van der Waals surface area contributed by atoms with E-state index in [1.54, 1.807) is 7.11 Å². The second kappa shape index (κ2) is 6.35. The van der Waals surface area contributed by atoms with E-state index in [0.29, 0.717) is 18.9 Å². The Balaban J connectivity index is 2.17. The van der Waals surface area contributed by atoms with Crippen LogP contribution in [-0.4, -0.2) is 28.0 Å². The Kier molecular flexibility index (Phi) is 4.53. The molecule has 0 spiro atoms. The fraction of sp³-hybridized carbons (Fsp3) is 0.273. The van der Waals surface area contributed by atoms with E-state index in [9.17, 15) is 14.5 Å². The molecule has 1 aromatic heterocycles. The molecule has 0 atom stereocenters. The predicted octanol–water partition coefficient (Wildman–Crippen LogP) is 2.57. The second-order valence-corrected chi connectivity index (χ2v) is 4.40. The SMILES string of the molecule is COCCc1nsc(Oc2ccc(F)cc2[N+](=O)[O-])n1. The summed E-state index contributed by atoms with van der Waals surface area (Å²) in [5.41, 5.74) is -0.460. The molecule has 1 aromatic carbocycles. The fourth-order valence-electron chi connectivity index (χ4n) is 1.39. The van der Waals surface area contributed by atoms with E-state index in [4.69, 9.17) is 9.47 Å². The van der Waals surface area contributed by atoms with E-state index < -0.39 is 16.4 Å². The van der Waals surface area contributed by atoms with Crippen LogP contribution in [0.15, 0.2) is 18.2 Å². The van der Waals surface area contributed by atoms with Crippen LogP contribution < -0.4 is 4.74 Å². The summed E-state index contributed by atoms with van der Waals surface area (Å²) < 4.78 is 27.2.